The average Bonchev–Trinajstić information content (AvgIpc) is 2.43. The van der Waals surface area contributed by atoms with Gasteiger partial charge in [-0.1, -0.05) is 49.6 Å². The Balaban J connectivity index is 0.000000289. The van der Waals surface area contributed by atoms with E-state index in [1.807, 2.05) is 37.1 Å². The van der Waals surface area contributed by atoms with Crippen LogP contribution in [0.5, 0.6) is 0 Å². The standard InChI is InChI=1S/C8H8O.C6H13N.CH2O/c1-7(9)8-5-3-2-4-6-8;7-6-4-2-1-3-5-6;1-2/h2-6H,1H3;6H,1-5,7H2;1H2. The maximum Gasteiger partial charge on any atom is 0.159 e. The largest absolute Gasteiger partial charge is 0.328 e. The Bertz CT molecular complexity index is 319. The minimum absolute atomic E-state index is 0.121. The third-order valence-electron chi connectivity index (χ3n) is 2.83. The van der Waals surface area contributed by atoms with E-state index in [0.29, 0.717) is 6.04 Å². The highest BCUT2D eigenvalue weighted by molar-refractivity contribution is 5.93. The molecule has 1 aromatic carbocycles. The fourth-order valence-electron chi connectivity index (χ4n) is 1.81. The van der Waals surface area contributed by atoms with Crippen molar-refractivity contribution in [2.75, 3.05) is 0 Å². The van der Waals surface area contributed by atoms with Crippen molar-refractivity contribution in [1.82, 2.24) is 0 Å². The molecular formula is C15H23NO2. The second-order valence-electron chi connectivity index (χ2n) is 4.32. The number of ketones is 1. The van der Waals surface area contributed by atoms with Crippen molar-refractivity contribution in [2.45, 2.75) is 45.1 Å². The highest BCUT2D eigenvalue weighted by Gasteiger charge is 2.06. The molecule has 0 bridgehead atoms. The summed E-state index contributed by atoms with van der Waals surface area (Å²) in [5, 5.41) is 0. The molecule has 0 aliphatic heterocycles. The Morgan fingerprint density at radius 3 is 1.89 bits per heavy atom. The molecule has 1 saturated carbocycles. The first-order valence-corrected chi connectivity index (χ1v) is 6.30. The Morgan fingerprint density at radius 2 is 1.61 bits per heavy atom. The normalized spacial score (nSPS) is 14.6. The lowest BCUT2D eigenvalue weighted by atomic mass is 9.97. The number of carbonyl (C=O) groups excluding carboxylic acids is 2. The van der Waals surface area contributed by atoms with Gasteiger partial charge in [0.25, 0.3) is 0 Å². The van der Waals surface area contributed by atoms with Crippen molar-refractivity contribution in [1.29, 1.82) is 0 Å². The maximum absolute atomic E-state index is 10.6. The van der Waals surface area contributed by atoms with Crippen LogP contribution in [0.4, 0.5) is 0 Å². The van der Waals surface area contributed by atoms with Crippen molar-refractivity contribution in [3.8, 4) is 0 Å². The van der Waals surface area contributed by atoms with Gasteiger partial charge in [0.15, 0.2) is 5.78 Å². The molecule has 0 atom stereocenters. The van der Waals surface area contributed by atoms with E-state index in [4.69, 9.17) is 10.5 Å². The molecular weight excluding hydrogens is 226 g/mol. The third kappa shape index (κ3) is 7.74. The van der Waals surface area contributed by atoms with Crippen LogP contribution in [-0.2, 0) is 4.79 Å². The first-order chi connectivity index (χ1) is 8.70. The topological polar surface area (TPSA) is 60.2 Å². The second-order valence-corrected chi connectivity index (χ2v) is 4.32. The Hall–Kier alpha value is -1.48. The van der Waals surface area contributed by atoms with Gasteiger partial charge in [-0.2, -0.15) is 0 Å². The molecule has 1 aliphatic carbocycles. The summed E-state index contributed by atoms with van der Waals surface area (Å²) in [6.07, 6.45) is 6.66. The molecule has 3 heteroatoms. The van der Waals surface area contributed by atoms with Crippen molar-refractivity contribution in [3.63, 3.8) is 0 Å². The SMILES string of the molecule is C=O.CC(=O)c1ccccc1.NC1CCCCC1. The predicted octanol–water partition coefficient (Wildman–Crippen LogP) is 2.98. The molecule has 1 aliphatic rings. The summed E-state index contributed by atoms with van der Waals surface area (Å²) in [5.41, 5.74) is 6.41. The van der Waals surface area contributed by atoms with Crippen LogP contribution in [0.3, 0.4) is 0 Å². The zero-order valence-electron chi connectivity index (χ0n) is 11.1. The second kappa shape index (κ2) is 10.7. The van der Waals surface area contributed by atoms with E-state index < -0.39 is 0 Å². The molecule has 2 N–H and O–H groups in total. The van der Waals surface area contributed by atoms with Crippen LogP contribution in [0.15, 0.2) is 30.3 Å². The van der Waals surface area contributed by atoms with Crippen LogP contribution >= 0.6 is 0 Å². The van der Waals surface area contributed by atoms with E-state index in [-0.39, 0.29) is 5.78 Å². The van der Waals surface area contributed by atoms with Gasteiger partial charge in [0.2, 0.25) is 0 Å². The van der Waals surface area contributed by atoms with Gasteiger partial charge in [0.1, 0.15) is 6.79 Å². The number of Topliss-reactive ketones (excluding diaryl/α,β-unsaturated/α-hetero) is 1. The van der Waals surface area contributed by atoms with Crippen LogP contribution in [-0.4, -0.2) is 18.6 Å². The molecule has 0 radical (unpaired) electrons. The summed E-state index contributed by atoms with van der Waals surface area (Å²) in [5.74, 6) is 0.121. The summed E-state index contributed by atoms with van der Waals surface area (Å²) in [6.45, 7) is 3.56. The first-order valence-electron chi connectivity index (χ1n) is 6.30. The number of rotatable bonds is 1. The number of nitrogens with two attached hydrogens (primary N) is 1. The van der Waals surface area contributed by atoms with Gasteiger partial charge in [0.05, 0.1) is 0 Å². The smallest absolute Gasteiger partial charge is 0.159 e. The monoisotopic (exact) mass is 249 g/mol. The molecule has 0 spiro atoms. The minimum atomic E-state index is 0.121. The molecule has 100 valence electrons. The Morgan fingerprint density at radius 1 is 1.11 bits per heavy atom. The lowest BCUT2D eigenvalue weighted by Crippen LogP contribution is -2.22. The highest BCUT2D eigenvalue weighted by atomic mass is 16.1. The van der Waals surface area contributed by atoms with E-state index in [0.717, 1.165) is 5.56 Å². The maximum atomic E-state index is 10.6. The van der Waals surface area contributed by atoms with Crippen molar-refractivity contribution >= 4 is 12.6 Å². The summed E-state index contributed by atoms with van der Waals surface area (Å²) >= 11 is 0. The molecule has 0 heterocycles. The van der Waals surface area contributed by atoms with E-state index in [9.17, 15) is 4.79 Å². The van der Waals surface area contributed by atoms with Crippen LogP contribution in [0.2, 0.25) is 0 Å². The van der Waals surface area contributed by atoms with E-state index in [1.165, 1.54) is 32.1 Å². The summed E-state index contributed by atoms with van der Waals surface area (Å²) in [4.78, 5) is 18.6. The zero-order valence-corrected chi connectivity index (χ0v) is 11.1. The summed E-state index contributed by atoms with van der Waals surface area (Å²) in [7, 11) is 0. The molecule has 3 nitrogen and oxygen atoms in total. The van der Waals surface area contributed by atoms with Crippen LogP contribution in [0.1, 0.15) is 49.4 Å². The van der Waals surface area contributed by atoms with E-state index >= 15 is 0 Å². The molecule has 0 unspecified atom stereocenters. The van der Waals surface area contributed by atoms with Gasteiger partial charge in [0, 0.05) is 11.6 Å². The molecule has 2 rings (SSSR count). The fraction of sp³-hybridized carbons (Fsp3) is 0.467. The summed E-state index contributed by atoms with van der Waals surface area (Å²) < 4.78 is 0. The van der Waals surface area contributed by atoms with Crippen LogP contribution < -0.4 is 5.73 Å². The average molecular weight is 249 g/mol. The van der Waals surface area contributed by atoms with Crippen molar-refractivity contribution < 1.29 is 9.59 Å². The minimum Gasteiger partial charge on any atom is -0.328 e. The molecule has 0 amide bonds. The molecule has 1 fully saturated rings. The molecule has 0 aromatic heterocycles. The fourth-order valence-corrected chi connectivity index (χ4v) is 1.81. The lowest BCUT2D eigenvalue weighted by Gasteiger charge is -2.15. The Labute approximate surface area is 109 Å². The lowest BCUT2D eigenvalue weighted by molar-refractivity contribution is -0.0979. The van der Waals surface area contributed by atoms with Gasteiger partial charge in [-0.15, -0.1) is 0 Å². The van der Waals surface area contributed by atoms with E-state index in [1.54, 1.807) is 6.92 Å². The van der Waals surface area contributed by atoms with Crippen molar-refractivity contribution in [2.24, 2.45) is 5.73 Å². The van der Waals surface area contributed by atoms with E-state index in [2.05, 4.69) is 0 Å². The van der Waals surface area contributed by atoms with Gasteiger partial charge in [-0.05, 0) is 19.8 Å². The predicted molar refractivity (Wildman–Crippen MR) is 74.6 cm³/mol. The zero-order chi connectivity index (χ0) is 13.8. The number of carbonyl (C=O) groups is 2. The highest BCUT2D eigenvalue weighted by Crippen LogP contribution is 2.14. The third-order valence-corrected chi connectivity index (χ3v) is 2.83. The van der Waals surface area contributed by atoms with Crippen LogP contribution in [0, 0.1) is 0 Å². The van der Waals surface area contributed by atoms with Gasteiger partial charge in [-0.3, -0.25) is 4.79 Å². The van der Waals surface area contributed by atoms with Crippen LogP contribution in [0.25, 0.3) is 0 Å². The summed E-state index contributed by atoms with van der Waals surface area (Å²) in [6, 6.07) is 9.76. The van der Waals surface area contributed by atoms with Gasteiger partial charge >= 0.3 is 0 Å². The Kier molecular flexibility index (Phi) is 9.78. The van der Waals surface area contributed by atoms with Gasteiger partial charge < -0.3 is 10.5 Å². The first kappa shape index (κ1) is 16.5. The molecule has 1 aromatic rings. The van der Waals surface area contributed by atoms with Gasteiger partial charge in [-0.25, -0.2) is 0 Å². The number of hydrogen-bond donors (Lipinski definition) is 1. The van der Waals surface area contributed by atoms with Crippen molar-refractivity contribution in [3.05, 3.63) is 35.9 Å². The molecule has 18 heavy (non-hydrogen) atoms. The number of benzene rings is 1. The molecule has 0 saturated heterocycles. The number of hydrogen-bond acceptors (Lipinski definition) is 3. The quantitative estimate of drug-likeness (QED) is 0.778.